The third-order valence-corrected chi connectivity index (χ3v) is 12.0. The molecule has 0 aromatic rings. The molecule has 376 valence electrons. The summed E-state index contributed by atoms with van der Waals surface area (Å²) in [5, 5.41) is 0. The molecule has 0 radical (unpaired) electrons. The lowest BCUT2D eigenvalue weighted by Gasteiger charge is -2.18. The van der Waals surface area contributed by atoms with E-state index in [-0.39, 0.29) is 31.1 Å². The van der Waals surface area contributed by atoms with Crippen LogP contribution in [0.5, 0.6) is 0 Å². The lowest BCUT2D eigenvalue weighted by molar-refractivity contribution is -0.167. The number of ether oxygens (including phenoxy) is 3. The number of carbonyl (C=O) groups is 3. The molecule has 0 aliphatic rings. The third-order valence-electron chi connectivity index (χ3n) is 12.0. The maximum atomic E-state index is 12.8. The smallest absolute Gasteiger partial charge is 0.306 e. The van der Waals surface area contributed by atoms with Crippen molar-refractivity contribution in [2.24, 2.45) is 0 Å². The Morgan fingerprint density at radius 2 is 0.554 bits per heavy atom. The van der Waals surface area contributed by atoms with Gasteiger partial charge in [-0.15, -0.1) is 0 Å². The Balaban J connectivity index is 4.38. The molecule has 0 N–H and O–H groups in total. The summed E-state index contributed by atoms with van der Waals surface area (Å²) in [6.07, 6.45) is 66.3. The van der Waals surface area contributed by atoms with E-state index in [1.54, 1.807) is 0 Å². The van der Waals surface area contributed by atoms with Crippen molar-refractivity contribution in [1.82, 2.24) is 0 Å². The SMILES string of the molecule is CCCCC/C=C\C/C=C\C/C=C\C/C=C\CCCCCC(=O)OC[C@H](COC(=O)CCCCCCCCC/C=C\CCCCCCCC)OC(=O)CCCCCCCCCCCCC. The second-order valence-corrected chi connectivity index (χ2v) is 18.5. The van der Waals surface area contributed by atoms with Crippen LogP contribution in [0.2, 0.25) is 0 Å². The van der Waals surface area contributed by atoms with Gasteiger partial charge in [0.05, 0.1) is 0 Å². The first-order valence-corrected chi connectivity index (χ1v) is 27.8. The van der Waals surface area contributed by atoms with Crippen LogP contribution in [0.3, 0.4) is 0 Å². The lowest BCUT2D eigenvalue weighted by Crippen LogP contribution is -2.30. The van der Waals surface area contributed by atoms with Gasteiger partial charge in [0.2, 0.25) is 0 Å². The Bertz CT molecular complexity index is 1180. The first-order valence-electron chi connectivity index (χ1n) is 27.8. The first kappa shape index (κ1) is 62.1. The molecular formula is C59H104O6. The minimum absolute atomic E-state index is 0.0847. The molecule has 0 saturated carbocycles. The van der Waals surface area contributed by atoms with Crippen molar-refractivity contribution in [2.75, 3.05) is 13.2 Å². The molecule has 0 rings (SSSR count). The highest BCUT2D eigenvalue weighted by Gasteiger charge is 2.19. The summed E-state index contributed by atoms with van der Waals surface area (Å²) >= 11 is 0. The molecule has 0 saturated heterocycles. The van der Waals surface area contributed by atoms with Crippen molar-refractivity contribution >= 4 is 17.9 Å². The highest BCUT2D eigenvalue weighted by molar-refractivity contribution is 5.71. The molecule has 0 fully saturated rings. The summed E-state index contributed by atoms with van der Waals surface area (Å²) in [4.78, 5) is 38.0. The molecule has 0 amide bonds. The molecule has 0 bridgehead atoms. The zero-order valence-corrected chi connectivity index (χ0v) is 43.0. The molecular weight excluding hydrogens is 805 g/mol. The van der Waals surface area contributed by atoms with Gasteiger partial charge in [0, 0.05) is 19.3 Å². The average Bonchev–Trinajstić information content (AvgIpc) is 3.30. The van der Waals surface area contributed by atoms with Crippen LogP contribution in [0.1, 0.15) is 278 Å². The molecule has 6 nitrogen and oxygen atoms in total. The van der Waals surface area contributed by atoms with Crippen LogP contribution in [0.4, 0.5) is 0 Å². The largest absolute Gasteiger partial charge is 0.462 e. The first-order chi connectivity index (χ1) is 32.0. The number of unbranched alkanes of at least 4 members (excludes halogenated alkanes) is 29. The van der Waals surface area contributed by atoms with Gasteiger partial charge in [-0.3, -0.25) is 14.4 Å². The van der Waals surface area contributed by atoms with Crippen molar-refractivity contribution < 1.29 is 28.6 Å². The fraction of sp³-hybridized carbons (Fsp3) is 0.780. The van der Waals surface area contributed by atoms with Gasteiger partial charge in [0.1, 0.15) is 13.2 Å². The number of esters is 3. The fourth-order valence-corrected chi connectivity index (χ4v) is 7.77. The average molecular weight is 909 g/mol. The minimum atomic E-state index is -0.786. The normalized spacial score (nSPS) is 12.5. The molecule has 0 aromatic carbocycles. The van der Waals surface area contributed by atoms with Crippen LogP contribution in [0, 0.1) is 0 Å². The van der Waals surface area contributed by atoms with E-state index >= 15 is 0 Å². The third kappa shape index (κ3) is 51.9. The molecule has 6 heteroatoms. The van der Waals surface area contributed by atoms with E-state index in [9.17, 15) is 14.4 Å². The minimum Gasteiger partial charge on any atom is -0.462 e. The Labute approximate surface area is 402 Å². The van der Waals surface area contributed by atoms with Crippen molar-refractivity contribution in [3.8, 4) is 0 Å². The second kappa shape index (κ2) is 53.7. The highest BCUT2D eigenvalue weighted by Crippen LogP contribution is 2.15. The molecule has 0 aliphatic carbocycles. The van der Waals surface area contributed by atoms with Crippen LogP contribution in [-0.2, 0) is 28.6 Å². The van der Waals surface area contributed by atoms with E-state index in [4.69, 9.17) is 14.2 Å². The van der Waals surface area contributed by atoms with Gasteiger partial charge < -0.3 is 14.2 Å². The van der Waals surface area contributed by atoms with E-state index in [2.05, 4.69) is 81.5 Å². The summed E-state index contributed by atoms with van der Waals surface area (Å²) in [5.74, 6) is -0.913. The summed E-state index contributed by atoms with van der Waals surface area (Å²) in [6, 6.07) is 0. The molecule has 0 heterocycles. The van der Waals surface area contributed by atoms with Gasteiger partial charge in [0.15, 0.2) is 6.10 Å². The van der Waals surface area contributed by atoms with Gasteiger partial charge in [-0.2, -0.15) is 0 Å². The van der Waals surface area contributed by atoms with Gasteiger partial charge >= 0.3 is 17.9 Å². The number of rotatable bonds is 50. The number of hydrogen-bond acceptors (Lipinski definition) is 6. The molecule has 0 aliphatic heterocycles. The topological polar surface area (TPSA) is 78.9 Å². The number of carbonyl (C=O) groups excluding carboxylic acids is 3. The summed E-state index contributed by atoms with van der Waals surface area (Å²) in [5.41, 5.74) is 0. The van der Waals surface area contributed by atoms with Gasteiger partial charge in [-0.1, -0.05) is 229 Å². The van der Waals surface area contributed by atoms with E-state index in [1.165, 1.54) is 154 Å². The monoisotopic (exact) mass is 909 g/mol. The van der Waals surface area contributed by atoms with Crippen molar-refractivity contribution in [1.29, 1.82) is 0 Å². The van der Waals surface area contributed by atoms with Gasteiger partial charge in [0.25, 0.3) is 0 Å². The van der Waals surface area contributed by atoms with Crippen molar-refractivity contribution in [2.45, 2.75) is 284 Å². The predicted octanol–water partition coefficient (Wildman–Crippen LogP) is 18.4. The van der Waals surface area contributed by atoms with E-state index < -0.39 is 6.10 Å². The van der Waals surface area contributed by atoms with Crippen molar-refractivity contribution in [3.63, 3.8) is 0 Å². The lowest BCUT2D eigenvalue weighted by atomic mass is 10.1. The molecule has 0 spiro atoms. The van der Waals surface area contributed by atoms with Crippen LogP contribution in [-0.4, -0.2) is 37.2 Å². The predicted molar refractivity (Wildman–Crippen MR) is 279 cm³/mol. The number of allylic oxidation sites excluding steroid dienone is 10. The molecule has 0 aromatic heterocycles. The standard InChI is InChI=1S/C59H104O6/c1-4-7-10-13-16-19-22-24-26-28-29-31-33-35-38-40-43-46-49-52-58(61)64-55-56(65-59(62)53-50-47-44-41-36-21-18-15-12-9-6-3)54-63-57(60)51-48-45-42-39-37-34-32-30-27-25-23-20-17-14-11-8-5-2/h16,19,24-27,29,31,35,38,56H,4-15,17-18,20-23,28,30,32-34,36-37,39-55H2,1-3H3/b19-16-,26-24-,27-25-,31-29-,38-35-/t56-/m0/s1. The van der Waals surface area contributed by atoms with Gasteiger partial charge in [-0.05, 0) is 89.9 Å². The van der Waals surface area contributed by atoms with Gasteiger partial charge in [-0.25, -0.2) is 0 Å². The van der Waals surface area contributed by atoms with E-state index in [0.29, 0.717) is 19.3 Å². The zero-order chi connectivity index (χ0) is 47.2. The maximum Gasteiger partial charge on any atom is 0.306 e. The van der Waals surface area contributed by atoms with E-state index in [0.717, 1.165) is 83.5 Å². The van der Waals surface area contributed by atoms with Crippen LogP contribution in [0.25, 0.3) is 0 Å². The summed E-state index contributed by atoms with van der Waals surface area (Å²) in [6.45, 7) is 6.59. The number of hydrogen-bond donors (Lipinski definition) is 0. The summed E-state index contributed by atoms with van der Waals surface area (Å²) < 4.78 is 16.8. The Hall–Kier alpha value is -2.89. The van der Waals surface area contributed by atoms with Crippen molar-refractivity contribution in [3.05, 3.63) is 60.8 Å². The van der Waals surface area contributed by atoms with Crippen LogP contribution in [0.15, 0.2) is 60.8 Å². The fourth-order valence-electron chi connectivity index (χ4n) is 7.77. The van der Waals surface area contributed by atoms with E-state index in [1.807, 2.05) is 0 Å². The highest BCUT2D eigenvalue weighted by atomic mass is 16.6. The molecule has 65 heavy (non-hydrogen) atoms. The maximum absolute atomic E-state index is 12.8. The molecule has 1 atom stereocenters. The zero-order valence-electron chi connectivity index (χ0n) is 43.0. The molecule has 0 unspecified atom stereocenters. The Kier molecular flexibility index (Phi) is 51.3. The quantitative estimate of drug-likeness (QED) is 0.0262. The Morgan fingerprint density at radius 3 is 0.923 bits per heavy atom. The van der Waals surface area contributed by atoms with Crippen LogP contribution < -0.4 is 0 Å². The van der Waals surface area contributed by atoms with Crippen LogP contribution >= 0.6 is 0 Å². The summed E-state index contributed by atoms with van der Waals surface area (Å²) in [7, 11) is 0. The Morgan fingerprint density at radius 1 is 0.308 bits per heavy atom. The second-order valence-electron chi connectivity index (χ2n) is 18.5.